The second-order valence-corrected chi connectivity index (χ2v) is 4.28. The molecule has 0 fully saturated rings. The van der Waals surface area contributed by atoms with Crippen molar-refractivity contribution in [3.05, 3.63) is 78.9 Å². The Kier molecular flexibility index (Phi) is 3.64. The second-order valence-electron chi connectivity index (χ2n) is 4.28. The van der Waals surface area contributed by atoms with Crippen molar-refractivity contribution in [1.29, 1.82) is 0 Å². The molecule has 3 rings (SSSR count). The van der Waals surface area contributed by atoms with Crippen LogP contribution in [0.4, 0.5) is 11.6 Å². The van der Waals surface area contributed by atoms with Gasteiger partial charge in [0, 0.05) is 18.6 Å². The van der Waals surface area contributed by atoms with Crippen LogP contribution in [-0.4, -0.2) is 15.0 Å². The lowest BCUT2D eigenvalue weighted by Crippen LogP contribution is -2.19. The minimum atomic E-state index is 0.634. The van der Waals surface area contributed by atoms with E-state index in [-0.39, 0.29) is 0 Å². The molecule has 4 heteroatoms. The topological polar surface area (TPSA) is 41.9 Å². The molecule has 0 aliphatic rings. The van der Waals surface area contributed by atoms with E-state index in [1.807, 2.05) is 59.5 Å². The van der Waals surface area contributed by atoms with Gasteiger partial charge in [-0.05, 0) is 36.4 Å². The molecule has 4 nitrogen and oxygen atoms in total. The highest BCUT2D eigenvalue weighted by atomic mass is 15.2. The summed E-state index contributed by atoms with van der Waals surface area (Å²) in [4.78, 5) is 15.2. The molecule has 0 aliphatic carbocycles. The molecule has 0 bridgehead atoms. The van der Waals surface area contributed by atoms with Gasteiger partial charge >= 0.3 is 0 Å². The van der Waals surface area contributed by atoms with Crippen molar-refractivity contribution < 1.29 is 0 Å². The van der Waals surface area contributed by atoms with Crippen molar-refractivity contribution in [2.45, 2.75) is 6.54 Å². The van der Waals surface area contributed by atoms with Crippen LogP contribution < -0.4 is 4.90 Å². The average molecular weight is 262 g/mol. The summed E-state index contributed by atoms with van der Waals surface area (Å²) in [7, 11) is 0. The van der Waals surface area contributed by atoms with E-state index < -0.39 is 0 Å². The summed E-state index contributed by atoms with van der Waals surface area (Å²) in [5, 5.41) is 0. The zero-order valence-corrected chi connectivity index (χ0v) is 10.9. The van der Waals surface area contributed by atoms with Crippen LogP contribution in [0.1, 0.15) is 5.69 Å². The molecule has 0 atom stereocenters. The smallest absolute Gasteiger partial charge is 0.134 e. The summed E-state index contributed by atoms with van der Waals surface area (Å²) in [6, 6.07) is 17.6. The fourth-order valence-electron chi connectivity index (χ4n) is 1.96. The van der Waals surface area contributed by atoms with Crippen LogP contribution in [0.2, 0.25) is 0 Å². The Bertz CT molecular complexity index is 602. The second kappa shape index (κ2) is 5.93. The van der Waals surface area contributed by atoms with Crippen molar-refractivity contribution in [2.75, 3.05) is 4.90 Å². The number of nitrogens with zero attached hydrogens (tertiary/aromatic N) is 4. The number of rotatable bonds is 4. The summed E-state index contributed by atoms with van der Waals surface area (Å²) >= 11 is 0. The number of hydrogen-bond donors (Lipinski definition) is 0. The van der Waals surface area contributed by atoms with Crippen LogP contribution in [-0.2, 0) is 6.54 Å². The first kappa shape index (κ1) is 12.3. The SMILES string of the molecule is c1ccc(CN(c2ccccn2)c2ccccn2)nc1. The van der Waals surface area contributed by atoms with Crippen molar-refractivity contribution in [3.8, 4) is 0 Å². The first-order valence-electron chi connectivity index (χ1n) is 6.43. The fourth-order valence-corrected chi connectivity index (χ4v) is 1.96. The predicted molar refractivity (Wildman–Crippen MR) is 78.6 cm³/mol. The zero-order valence-electron chi connectivity index (χ0n) is 10.9. The normalized spacial score (nSPS) is 10.2. The third kappa shape index (κ3) is 2.80. The molecule has 0 amide bonds. The molecular weight excluding hydrogens is 248 g/mol. The van der Waals surface area contributed by atoms with Crippen LogP contribution in [0.15, 0.2) is 73.2 Å². The molecule has 0 saturated heterocycles. The highest BCUT2D eigenvalue weighted by Gasteiger charge is 2.12. The Labute approximate surface area is 117 Å². The van der Waals surface area contributed by atoms with Gasteiger partial charge in [-0.2, -0.15) is 0 Å². The van der Waals surface area contributed by atoms with Gasteiger partial charge in [0.2, 0.25) is 0 Å². The summed E-state index contributed by atoms with van der Waals surface area (Å²) in [5.41, 5.74) is 0.976. The molecular formula is C16H14N4. The Balaban J connectivity index is 1.96. The van der Waals surface area contributed by atoms with Crippen molar-refractivity contribution in [1.82, 2.24) is 15.0 Å². The van der Waals surface area contributed by atoms with E-state index in [1.54, 1.807) is 18.6 Å². The quantitative estimate of drug-likeness (QED) is 0.724. The van der Waals surface area contributed by atoms with Crippen molar-refractivity contribution >= 4 is 11.6 Å². The largest absolute Gasteiger partial charge is 0.305 e. The summed E-state index contributed by atoms with van der Waals surface area (Å²) in [6.45, 7) is 0.634. The van der Waals surface area contributed by atoms with Gasteiger partial charge in [0.15, 0.2) is 0 Å². The van der Waals surface area contributed by atoms with E-state index >= 15 is 0 Å². The maximum Gasteiger partial charge on any atom is 0.134 e. The standard InChI is InChI=1S/C16H14N4/c1-4-10-17-14(7-1)13-20(15-8-2-5-11-18-15)16-9-3-6-12-19-16/h1-12H,13H2. The van der Waals surface area contributed by atoms with Gasteiger partial charge in [0.1, 0.15) is 11.6 Å². The molecule has 0 radical (unpaired) electrons. The summed E-state index contributed by atoms with van der Waals surface area (Å²) in [5.74, 6) is 1.72. The molecule has 98 valence electrons. The average Bonchev–Trinajstić information content (AvgIpc) is 2.55. The monoisotopic (exact) mass is 262 g/mol. The lowest BCUT2D eigenvalue weighted by molar-refractivity contribution is 0.889. The van der Waals surface area contributed by atoms with Crippen LogP contribution in [0.3, 0.4) is 0 Å². The Morgan fingerprint density at radius 1 is 0.650 bits per heavy atom. The third-order valence-electron chi connectivity index (χ3n) is 2.90. The number of hydrogen-bond acceptors (Lipinski definition) is 4. The number of pyridine rings is 3. The highest BCUT2D eigenvalue weighted by Crippen LogP contribution is 2.22. The van der Waals surface area contributed by atoms with Crippen LogP contribution in [0.25, 0.3) is 0 Å². The fraction of sp³-hybridized carbons (Fsp3) is 0.0625. The first-order chi connectivity index (χ1) is 9.93. The lowest BCUT2D eigenvalue weighted by atomic mass is 10.3. The van der Waals surface area contributed by atoms with E-state index in [2.05, 4.69) is 15.0 Å². The molecule has 0 N–H and O–H groups in total. The highest BCUT2D eigenvalue weighted by molar-refractivity contribution is 5.55. The van der Waals surface area contributed by atoms with E-state index in [0.29, 0.717) is 6.54 Å². The minimum Gasteiger partial charge on any atom is -0.305 e. The summed E-state index contributed by atoms with van der Waals surface area (Å²) in [6.07, 6.45) is 5.36. The Morgan fingerprint density at radius 2 is 1.20 bits per heavy atom. The molecule has 3 aromatic rings. The van der Waals surface area contributed by atoms with Gasteiger partial charge in [-0.3, -0.25) is 4.98 Å². The third-order valence-corrected chi connectivity index (χ3v) is 2.90. The zero-order chi connectivity index (χ0) is 13.6. The van der Waals surface area contributed by atoms with Crippen LogP contribution in [0.5, 0.6) is 0 Å². The van der Waals surface area contributed by atoms with E-state index in [0.717, 1.165) is 17.3 Å². The molecule has 3 heterocycles. The minimum absolute atomic E-state index is 0.634. The first-order valence-corrected chi connectivity index (χ1v) is 6.43. The lowest BCUT2D eigenvalue weighted by Gasteiger charge is -2.22. The molecule has 0 aromatic carbocycles. The van der Waals surface area contributed by atoms with Gasteiger partial charge in [0.05, 0.1) is 12.2 Å². The van der Waals surface area contributed by atoms with Gasteiger partial charge in [-0.15, -0.1) is 0 Å². The Hall–Kier alpha value is -2.75. The van der Waals surface area contributed by atoms with E-state index in [9.17, 15) is 0 Å². The number of aromatic nitrogens is 3. The molecule has 0 unspecified atom stereocenters. The Morgan fingerprint density at radius 3 is 1.65 bits per heavy atom. The van der Waals surface area contributed by atoms with Gasteiger partial charge in [0.25, 0.3) is 0 Å². The van der Waals surface area contributed by atoms with E-state index in [4.69, 9.17) is 0 Å². The van der Waals surface area contributed by atoms with Crippen LogP contribution >= 0.6 is 0 Å². The molecule has 0 saturated carbocycles. The van der Waals surface area contributed by atoms with Crippen LogP contribution in [0, 0.1) is 0 Å². The summed E-state index contributed by atoms with van der Waals surface area (Å²) < 4.78 is 0. The molecule has 0 spiro atoms. The van der Waals surface area contributed by atoms with Gasteiger partial charge in [-0.25, -0.2) is 9.97 Å². The van der Waals surface area contributed by atoms with E-state index in [1.165, 1.54) is 0 Å². The van der Waals surface area contributed by atoms with Crippen molar-refractivity contribution in [3.63, 3.8) is 0 Å². The maximum absolute atomic E-state index is 4.41. The molecule has 3 aromatic heterocycles. The number of anilines is 2. The van der Waals surface area contributed by atoms with Gasteiger partial charge in [-0.1, -0.05) is 18.2 Å². The molecule has 0 aliphatic heterocycles. The predicted octanol–water partition coefficient (Wildman–Crippen LogP) is 3.21. The van der Waals surface area contributed by atoms with Crippen molar-refractivity contribution in [2.24, 2.45) is 0 Å². The van der Waals surface area contributed by atoms with Gasteiger partial charge < -0.3 is 4.90 Å². The molecule has 20 heavy (non-hydrogen) atoms. The maximum atomic E-state index is 4.41.